The molecular formula is C18H25N3O3. The maximum Gasteiger partial charge on any atom is 0.222 e. The van der Waals surface area contributed by atoms with Crippen molar-refractivity contribution >= 4 is 17.7 Å². The van der Waals surface area contributed by atoms with E-state index < -0.39 is 0 Å². The van der Waals surface area contributed by atoms with Gasteiger partial charge in [0.15, 0.2) is 0 Å². The number of rotatable bonds is 8. The summed E-state index contributed by atoms with van der Waals surface area (Å²) in [5.74, 6) is -0.0642. The predicted molar refractivity (Wildman–Crippen MR) is 91.1 cm³/mol. The highest BCUT2D eigenvalue weighted by atomic mass is 16.2. The van der Waals surface area contributed by atoms with Crippen LogP contribution in [0.25, 0.3) is 0 Å². The number of carbonyl (C=O) groups excluding carboxylic acids is 3. The van der Waals surface area contributed by atoms with Gasteiger partial charge in [-0.1, -0.05) is 30.3 Å². The van der Waals surface area contributed by atoms with Crippen molar-refractivity contribution in [3.05, 3.63) is 35.9 Å². The minimum Gasteiger partial charge on any atom is -0.356 e. The minimum atomic E-state index is -0.330. The average molecular weight is 331 g/mol. The summed E-state index contributed by atoms with van der Waals surface area (Å²) in [6.07, 6.45) is 2.52. The molecule has 1 unspecified atom stereocenters. The van der Waals surface area contributed by atoms with Gasteiger partial charge in [0.2, 0.25) is 17.7 Å². The van der Waals surface area contributed by atoms with E-state index in [0.29, 0.717) is 19.5 Å². The number of amides is 3. The lowest BCUT2D eigenvalue weighted by molar-refractivity contribution is -0.127. The molecule has 1 atom stereocenters. The molecule has 1 heterocycles. The first-order chi connectivity index (χ1) is 11.6. The van der Waals surface area contributed by atoms with Crippen LogP contribution in [0.1, 0.15) is 44.2 Å². The Morgan fingerprint density at radius 1 is 1.25 bits per heavy atom. The molecule has 6 heteroatoms. The van der Waals surface area contributed by atoms with Gasteiger partial charge in [0.1, 0.15) is 0 Å². The second-order valence-electron chi connectivity index (χ2n) is 6.06. The molecule has 130 valence electrons. The Hall–Kier alpha value is -2.37. The fraction of sp³-hybridized carbons (Fsp3) is 0.500. The van der Waals surface area contributed by atoms with E-state index in [0.717, 1.165) is 24.9 Å². The van der Waals surface area contributed by atoms with Crippen LogP contribution in [-0.2, 0) is 14.4 Å². The van der Waals surface area contributed by atoms with Gasteiger partial charge < -0.3 is 15.5 Å². The van der Waals surface area contributed by atoms with Gasteiger partial charge in [-0.25, -0.2) is 0 Å². The van der Waals surface area contributed by atoms with E-state index >= 15 is 0 Å². The number of nitrogens with zero attached hydrogens (tertiary/aromatic N) is 1. The van der Waals surface area contributed by atoms with Gasteiger partial charge in [-0.3, -0.25) is 14.4 Å². The van der Waals surface area contributed by atoms with E-state index in [1.165, 1.54) is 6.92 Å². The maximum absolute atomic E-state index is 12.1. The molecule has 0 bridgehead atoms. The number of hydrogen-bond acceptors (Lipinski definition) is 3. The first kappa shape index (κ1) is 18.0. The number of carbonyl (C=O) groups is 3. The van der Waals surface area contributed by atoms with Gasteiger partial charge in [-0.2, -0.15) is 0 Å². The van der Waals surface area contributed by atoms with Gasteiger partial charge in [-0.15, -0.1) is 0 Å². The Balaban J connectivity index is 1.75. The second-order valence-corrected chi connectivity index (χ2v) is 6.06. The van der Waals surface area contributed by atoms with Crippen LogP contribution in [0, 0.1) is 0 Å². The number of hydrogen-bond donors (Lipinski definition) is 2. The van der Waals surface area contributed by atoms with E-state index in [1.54, 1.807) is 0 Å². The van der Waals surface area contributed by atoms with Crippen LogP contribution in [0.2, 0.25) is 0 Å². The molecule has 0 radical (unpaired) electrons. The molecule has 24 heavy (non-hydrogen) atoms. The van der Waals surface area contributed by atoms with E-state index in [1.807, 2.05) is 35.2 Å². The molecule has 1 aliphatic rings. The van der Waals surface area contributed by atoms with E-state index in [-0.39, 0.29) is 30.2 Å². The lowest BCUT2D eigenvalue weighted by Gasteiger charge is -2.19. The molecule has 1 aromatic rings. The Kier molecular flexibility index (Phi) is 6.78. The lowest BCUT2D eigenvalue weighted by Crippen LogP contribution is -2.34. The number of benzene rings is 1. The molecule has 1 fully saturated rings. The van der Waals surface area contributed by atoms with Gasteiger partial charge in [0.25, 0.3) is 0 Å². The molecule has 0 saturated carbocycles. The molecule has 6 nitrogen and oxygen atoms in total. The quantitative estimate of drug-likeness (QED) is 0.707. The fourth-order valence-corrected chi connectivity index (χ4v) is 2.88. The minimum absolute atomic E-state index is 0.106. The topological polar surface area (TPSA) is 78.5 Å². The zero-order valence-corrected chi connectivity index (χ0v) is 14.1. The number of likely N-dealkylation sites (tertiary alicyclic amines) is 1. The summed E-state index contributed by atoms with van der Waals surface area (Å²) in [5.41, 5.74) is 0.908. The Morgan fingerprint density at radius 3 is 2.62 bits per heavy atom. The van der Waals surface area contributed by atoms with Crippen LogP contribution in [-0.4, -0.2) is 42.3 Å². The molecule has 0 spiro atoms. The fourth-order valence-electron chi connectivity index (χ4n) is 2.88. The van der Waals surface area contributed by atoms with Crippen molar-refractivity contribution in [2.24, 2.45) is 0 Å². The number of nitrogens with one attached hydrogen (secondary N) is 2. The summed E-state index contributed by atoms with van der Waals surface area (Å²) in [5, 5.41) is 5.68. The molecule has 1 aromatic carbocycles. The smallest absolute Gasteiger partial charge is 0.222 e. The van der Waals surface area contributed by atoms with Crippen LogP contribution in [0.5, 0.6) is 0 Å². The van der Waals surface area contributed by atoms with E-state index in [9.17, 15) is 14.4 Å². The first-order valence-electron chi connectivity index (χ1n) is 8.43. The summed E-state index contributed by atoms with van der Waals surface area (Å²) in [6, 6.07) is 9.13. The maximum atomic E-state index is 12.1. The third kappa shape index (κ3) is 5.68. The monoisotopic (exact) mass is 331 g/mol. The van der Waals surface area contributed by atoms with Crippen LogP contribution in [0.3, 0.4) is 0 Å². The Labute approximate surface area is 142 Å². The molecule has 0 aromatic heterocycles. The zero-order valence-electron chi connectivity index (χ0n) is 14.1. The van der Waals surface area contributed by atoms with Crippen LogP contribution in [0.15, 0.2) is 30.3 Å². The molecular weight excluding hydrogens is 306 g/mol. The molecule has 1 aliphatic heterocycles. The Morgan fingerprint density at radius 2 is 2.00 bits per heavy atom. The summed E-state index contributed by atoms with van der Waals surface area (Å²) < 4.78 is 0. The van der Waals surface area contributed by atoms with Crippen LogP contribution in [0.4, 0.5) is 0 Å². The van der Waals surface area contributed by atoms with Crippen LogP contribution < -0.4 is 10.6 Å². The standard InChI is InChI=1S/C18H25N3O3/c1-14(22)20-16(15-7-3-2-4-8-15)13-17(23)19-10-6-12-21-11-5-9-18(21)24/h2-4,7-8,16H,5-6,9-13H2,1H3,(H,19,23)(H,20,22). The zero-order chi connectivity index (χ0) is 17.4. The highest BCUT2D eigenvalue weighted by molar-refractivity contribution is 5.79. The summed E-state index contributed by atoms with van der Waals surface area (Å²) in [4.78, 5) is 36.8. The lowest BCUT2D eigenvalue weighted by atomic mass is 10.0. The first-order valence-corrected chi connectivity index (χ1v) is 8.43. The summed E-state index contributed by atoms with van der Waals surface area (Å²) >= 11 is 0. The van der Waals surface area contributed by atoms with Crippen molar-refractivity contribution in [3.63, 3.8) is 0 Å². The van der Waals surface area contributed by atoms with Crippen molar-refractivity contribution in [1.29, 1.82) is 0 Å². The second kappa shape index (κ2) is 9.05. The molecule has 3 amide bonds. The third-order valence-electron chi connectivity index (χ3n) is 4.07. The highest BCUT2D eigenvalue weighted by Gasteiger charge is 2.19. The van der Waals surface area contributed by atoms with Gasteiger partial charge >= 0.3 is 0 Å². The summed E-state index contributed by atoms with van der Waals surface area (Å²) in [6.45, 7) is 3.49. The van der Waals surface area contributed by atoms with Crippen molar-refractivity contribution in [1.82, 2.24) is 15.5 Å². The van der Waals surface area contributed by atoms with E-state index in [4.69, 9.17) is 0 Å². The van der Waals surface area contributed by atoms with Gasteiger partial charge in [0.05, 0.1) is 12.5 Å². The van der Waals surface area contributed by atoms with Crippen LogP contribution >= 0.6 is 0 Å². The van der Waals surface area contributed by atoms with E-state index in [2.05, 4.69) is 10.6 Å². The summed E-state index contributed by atoms with van der Waals surface area (Å²) in [7, 11) is 0. The van der Waals surface area contributed by atoms with Crippen molar-refractivity contribution < 1.29 is 14.4 Å². The molecule has 2 N–H and O–H groups in total. The largest absolute Gasteiger partial charge is 0.356 e. The van der Waals surface area contributed by atoms with Crippen molar-refractivity contribution in [2.45, 2.75) is 38.6 Å². The molecule has 0 aliphatic carbocycles. The predicted octanol–water partition coefficient (Wildman–Crippen LogP) is 1.38. The molecule has 1 saturated heterocycles. The van der Waals surface area contributed by atoms with Crippen molar-refractivity contribution in [3.8, 4) is 0 Å². The third-order valence-corrected chi connectivity index (χ3v) is 4.07. The Bertz CT molecular complexity index is 574. The van der Waals surface area contributed by atoms with Gasteiger partial charge in [-0.05, 0) is 18.4 Å². The van der Waals surface area contributed by atoms with Gasteiger partial charge in [0, 0.05) is 33.0 Å². The van der Waals surface area contributed by atoms with Crippen molar-refractivity contribution in [2.75, 3.05) is 19.6 Å². The average Bonchev–Trinajstić information content (AvgIpc) is 2.96. The normalized spacial score (nSPS) is 15.2. The molecule has 2 rings (SSSR count). The highest BCUT2D eigenvalue weighted by Crippen LogP contribution is 2.16. The SMILES string of the molecule is CC(=O)NC(CC(=O)NCCCN1CCCC1=O)c1ccccc1.